The third-order valence-corrected chi connectivity index (χ3v) is 9.79. The fourth-order valence-corrected chi connectivity index (χ4v) is 8.41. The molecular weight excluding hydrogens is 492 g/mol. The SMILES string of the molecule is CCOC(=O)CCC(=NOC)c1nc2ccccc2n(C2C[C@H]3CC[C@@H](C2)N3C2CC3CCCC(C3)C2)c1=O. The van der Waals surface area contributed by atoms with Gasteiger partial charge >= 0.3 is 5.97 Å². The summed E-state index contributed by atoms with van der Waals surface area (Å²) in [6, 6.07) is 9.81. The van der Waals surface area contributed by atoms with Gasteiger partial charge < -0.3 is 14.1 Å². The Morgan fingerprint density at radius 1 is 0.949 bits per heavy atom. The van der Waals surface area contributed by atoms with Gasteiger partial charge in [-0.15, -0.1) is 0 Å². The second-order valence-corrected chi connectivity index (χ2v) is 12.1. The number of ether oxygens (including phenoxy) is 1. The molecule has 39 heavy (non-hydrogen) atoms. The number of esters is 1. The number of piperidine rings is 1. The first-order valence-corrected chi connectivity index (χ1v) is 15.1. The fraction of sp³-hybridized carbons (Fsp3) is 0.677. The Labute approximate surface area is 230 Å². The van der Waals surface area contributed by atoms with Crippen LogP contribution in [-0.4, -0.2) is 58.0 Å². The van der Waals surface area contributed by atoms with Gasteiger partial charge in [0.05, 0.1) is 24.1 Å². The molecule has 5 atom stereocenters. The number of fused-ring (bicyclic) bond motifs is 5. The molecule has 0 radical (unpaired) electrons. The molecule has 210 valence electrons. The van der Waals surface area contributed by atoms with E-state index in [4.69, 9.17) is 14.6 Å². The number of rotatable bonds is 8. The minimum Gasteiger partial charge on any atom is -0.466 e. The summed E-state index contributed by atoms with van der Waals surface area (Å²) in [5.74, 6) is 1.52. The maximum absolute atomic E-state index is 14.2. The number of benzene rings is 1. The molecule has 4 fully saturated rings. The summed E-state index contributed by atoms with van der Waals surface area (Å²) in [6.45, 7) is 2.10. The predicted molar refractivity (Wildman–Crippen MR) is 151 cm³/mol. The molecule has 8 heteroatoms. The number of carbonyl (C=O) groups excluding carboxylic acids is 1. The van der Waals surface area contributed by atoms with Crippen LogP contribution >= 0.6 is 0 Å². The van der Waals surface area contributed by atoms with Gasteiger partial charge in [-0.3, -0.25) is 14.5 Å². The average molecular weight is 535 g/mol. The molecule has 1 aromatic heterocycles. The van der Waals surface area contributed by atoms with Gasteiger partial charge in [0.15, 0.2) is 5.69 Å². The van der Waals surface area contributed by atoms with E-state index in [1.165, 1.54) is 58.5 Å². The number of oxime groups is 1. The van der Waals surface area contributed by atoms with E-state index in [0.717, 1.165) is 41.8 Å². The van der Waals surface area contributed by atoms with E-state index < -0.39 is 0 Å². The lowest BCUT2D eigenvalue weighted by Gasteiger charge is -2.49. The van der Waals surface area contributed by atoms with Crippen LogP contribution in [0.2, 0.25) is 0 Å². The molecule has 2 aliphatic heterocycles. The van der Waals surface area contributed by atoms with Gasteiger partial charge in [-0.1, -0.05) is 36.6 Å². The first kappa shape index (κ1) is 26.5. The van der Waals surface area contributed by atoms with Crippen LogP contribution in [0.25, 0.3) is 11.0 Å². The smallest absolute Gasteiger partial charge is 0.306 e. The van der Waals surface area contributed by atoms with Crippen LogP contribution in [0.5, 0.6) is 0 Å². The van der Waals surface area contributed by atoms with E-state index in [1.54, 1.807) is 6.92 Å². The van der Waals surface area contributed by atoms with Gasteiger partial charge in [0.2, 0.25) is 0 Å². The maximum atomic E-state index is 14.2. The first-order valence-electron chi connectivity index (χ1n) is 15.1. The van der Waals surface area contributed by atoms with Crippen LogP contribution in [0.15, 0.2) is 34.2 Å². The second kappa shape index (κ2) is 11.4. The van der Waals surface area contributed by atoms with Gasteiger partial charge in [-0.05, 0) is 75.8 Å². The van der Waals surface area contributed by atoms with Crippen molar-refractivity contribution in [1.29, 1.82) is 0 Å². The van der Waals surface area contributed by atoms with E-state index in [0.29, 0.717) is 24.4 Å². The minimum absolute atomic E-state index is 0.120. The van der Waals surface area contributed by atoms with Gasteiger partial charge in [0, 0.05) is 30.6 Å². The lowest BCUT2D eigenvalue weighted by atomic mass is 9.69. The standard InChI is InChI=1S/C31H42N4O4/c1-3-39-29(36)14-13-27(33-38-2)30-31(37)35(28-10-5-4-9-26(28)32-30)25-18-22-11-12-23(19-25)34(22)24-16-20-7-6-8-21(15-20)17-24/h4-5,9-10,20-25H,3,6-8,11-19H2,1-2H3/t20?,21?,22-,23+,24?,25?. The van der Waals surface area contributed by atoms with E-state index in [9.17, 15) is 9.59 Å². The topological polar surface area (TPSA) is 86.0 Å². The molecule has 2 saturated heterocycles. The molecule has 1 aromatic carbocycles. The highest BCUT2D eigenvalue weighted by Crippen LogP contribution is 2.48. The van der Waals surface area contributed by atoms with Crippen molar-refractivity contribution in [3.05, 3.63) is 40.3 Å². The monoisotopic (exact) mass is 534 g/mol. The van der Waals surface area contributed by atoms with Gasteiger partial charge in [0.25, 0.3) is 5.56 Å². The Balaban J connectivity index is 1.30. The number of aromatic nitrogens is 2. The van der Waals surface area contributed by atoms with Crippen molar-refractivity contribution < 1.29 is 14.4 Å². The van der Waals surface area contributed by atoms with Crippen LogP contribution in [0.4, 0.5) is 0 Å². The van der Waals surface area contributed by atoms with Crippen molar-refractivity contribution in [3.63, 3.8) is 0 Å². The van der Waals surface area contributed by atoms with Crippen LogP contribution in [0.1, 0.15) is 95.7 Å². The molecule has 8 nitrogen and oxygen atoms in total. The largest absolute Gasteiger partial charge is 0.466 e. The van der Waals surface area contributed by atoms with Gasteiger partial charge in [-0.25, -0.2) is 4.98 Å². The summed E-state index contributed by atoms with van der Waals surface area (Å²) in [4.78, 5) is 39.0. The highest BCUT2D eigenvalue weighted by molar-refractivity contribution is 6.00. The van der Waals surface area contributed by atoms with Crippen molar-refractivity contribution in [1.82, 2.24) is 14.5 Å². The molecule has 3 unspecified atom stereocenters. The highest BCUT2D eigenvalue weighted by atomic mass is 16.6. The normalized spacial score (nSPS) is 30.9. The Kier molecular flexibility index (Phi) is 7.74. The van der Waals surface area contributed by atoms with Crippen molar-refractivity contribution in [2.45, 2.75) is 108 Å². The van der Waals surface area contributed by atoms with Gasteiger partial charge in [-0.2, -0.15) is 0 Å². The summed E-state index contributed by atoms with van der Waals surface area (Å²) in [5.41, 5.74) is 2.16. The highest BCUT2D eigenvalue weighted by Gasteiger charge is 2.47. The molecule has 2 saturated carbocycles. The maximum Gasteiger partial charge on any atom is 0.306 e. The molecule has 4 bridgehead atoms. The molecule has 0 amide bonds. The van der Waals surface area contributed by atoms with E-state index in [-0.39, 0.29) is 36.1 Å². The fourth-order valence-electron chi connectivity index (χ4n) is 8.41. The Morgan fingerprint density at radius 2 is 1.67 bits per heavy atom. The zero-order valence-electron chi connectivity index (χ0n) is 23.4. The number of hydrogen-bond donors (Lipinski definition) is 0. The van der Waals surface area contributed by atoms with Crippen molar-refractivity contribution in [2.75, 3.05) is 13.7 Å². The third kappa shape index (κ3) is 5.24. The summed E-state index contributed by atoms with van der Waals surface area (Å²) < 4.78 is 7.09. The summed E-state index contributed by atoms with van der Waals surface area (Å²) in [5, 5.41) is 4.15. The second-order valence-electron chi connectivity index (χ2n) is 12.1. The summed E-state index contributed by atoms with van der Waals surface area (Å²) >= 11 is 0. The molecule has 0 spiro atoms. The van der Waals surface area contributed by atoms with E-state index in [2.05, 4.69) is 10.1 Å². The first-order chi connectivity index (χ1) is 19.1. The number of para-hydroxylation sites is 2. The lowest BCUT2D eigenvalue weighted by Crippen LogP contribution is -2.52. The quantitative estimate of drug-likeness (QED) is 0.262. The zero-order chi connectivity index (χ0) is 26.9. The Hall–Kier alpha value is -2.74. The van der Waals surface area contributed by atoms with Crippen LogP contribution in [0, 0.1) is 11.8 Å². The van der Waals surface area contributed by atoms with Crippen molar-refractivity contribution in [2.24, 2.45) is 17.0 Å². The molecule has 6 rings (SSSR count). The molecule has 2 aromatic rings. The molecule has 0 N–H and O–H groups in total. The molecule has 4 aliphatic rings. The molecule has 3 heterocycles. The number of nitrogens with zero attached hydrogens (tertiary/aromatic N) is 4. The minimum atomic E-state index is -0.321. The summed E-state index contributed by atoms with van der Waals surface area (Å²) in [7, 11) is 1.46. The van der Waals surface area contributed by atoms with E-state index in [1.807, 2.05) is 28.8 Å². The van der Waals surface area contributed by atoms with Crippen LogP contribution in [-0.2, 0) is 14.4 Å². The van der Waals surface area contributed by atoms with Crippen molar-refractivity contribution in [3.8, 4) is 0 Å². The predicted octanol–water partition coefficient (Wildman–Crippen LogP) is 5.23. The Morgan fingerprint density at radius 3 is 2.36 bits per heavy atom. The molecular formula is C31H42N4O4. The molecule has 2 aliphatic carbocycles. The number of carbonyl (C=O) groups is 1. The zero-order valence-corrected chi connectivity index (χ0v) is 23.4. The average Bonchev–Trinajstić information content (AvgIpc) is 3.20. The lowest BCUT2D eigenvalue weighted by molar-refractivity contribution is -0.142. The van der Waals surface area contributed by atoms with Crippen LogP contribution in [0.3, 0.4) is 0 Å². The van der Waals surface area contributed by atoms with Crippen molar-refractivity contribution >= 4 is 22.7 Å². The van der Waals surface area contributed by atoms with E-state index >= 15 is 0 Å². The van der Waals surface area contributed by atoms with Gasteiger partial charge in [0.1, 0.15) is 12.8 Å². The third-order valence-electron chi connectivity index (χ3n) is 9.79. The Bertz CT molecular complexity index is 1260. The number of hydrogen-bond acceptors (Lipinski definition) is 7. The summed E-state index contributed by atoms with van der Waals surface area (Å²) in [6.07, 6.45) is 13.3. The van der Waals surface area contributed by atoms with Crippen LogP contribution < -0.4 is 5.56 Å².